The van der Waals surface area contributed by atoms with Crippen LogP contribution in [0.5, 0.6) is 0 Å². The molecule has 0 rings (SSSR count). The van der Waals surface area contributed by atoms with Gasteiger partial charge in [0.05, 0.1) is 1.37 Å². The summed E-state index contributed by atoms with van der Waals surface area (Å²) in [6.45, 7) is 9.15. The fraction of sp³-hybridized carbons (Fsp3) is 0.700. The van der Waals surface area contributed by atoms with Gasteiger partial charge in [-0.3, -0.25) is 0 Å². The van der Waals surface area contributed by atoms with Gasteiger partial charge in [0.15, 0.2) is 0 Å². The Morgan fingerprint density at radius 2 is 2.00 bits per heavy atom. The second-order valence-electron chi connectivity index (χ2n) is 3.98. The van der Waals surface area contributed by atoms with Crippen LogP contribution in [-0.4, -0.2) is 5.78 Å². The zero-order valence-electron chi connectivity index (χ0n) is 8.90. The van der Waals surface area contributed by atoms with Crippen molar-refractivity contribution in [1.82, 2.24) is 0 Å². The SMILES string of the molecule is [2H]C=C(CCC(C)=O)C(C)(C)C. The highest BCUT2D eigenvalue weighted by Crippen LogP contribution is 2.26. The lowest BCUT2D eigenvalue weighted by atomic mass is 9.85. The maximum absolute atomic E-state index is 10.7. The number of carbonyl (C=O) groups excluding carboxylic acids is 1. The molecule has 0 amide bonds. The van der Waals surface area contributed by atoms with E-state index in [-0.39, 0.29) is 11.2 Å². The van der Waals surface area contributed by atoms with Crippen molar-refractivity contribution in [1.29, 1.82) is 0 Å². The van der Waals surface area contributed by atoms with Crippen LogP contribution in [0.3, 0.4) is 0 Å². The highest BCUT2D eigenvalue weighted by atomic mass is 16.1. The van der Waals surface area contributed by atoms with Gasteiger partial charge in [-0.15, -0.1) is 0 Å². The third-order valence-electron chi connectivity index (χ3n) is 1.71. The van der Waals surface area contributed by atoms with Crippen molar-refractivity contribution < 1.29 is 6.17 Å². The predicted octanol–water partition coefficient (Wildman–Crippen LogP) is 2.96. The second kappa shape index (κ2) is 3.70. The molecule has 0 spiro atoms. The number of hydrogen-bond acceptors (Lipinski definition) is 1. The smallest absolute Gasteiger partial charge is 0.130 e. The summed E-state index contributed by atoms with van der Waals surface area (Å²) in [5.74, 6) is 0.193. The largest absolute Gasteiger partial charge is 0.300 e. The highest BCUT2D eigenvalue weighted by molar-refractivity contribution is 5.75. The average molecular weight is 155 g/mol. The summed E-state index contributed by atoms with van der Waals surface area (Å²) in [4.78, 5) is 10.7. The van der Waals surface area contributed by atoms with Crippen LogP contribution < -0.4 is 0 Å². The van der Waals surface area contributed by atoms with Gasteiger partial charge in [0, 0.05) is 6.42 Å². The number of ketones is 1. The molecule has 0 fully saturated rings. The Hall–Kier alpha value is -0.590. The minimum absolute atomic E-state index is 0.0250. The van der Waals surface area contributed by atoms with Gasteiger partial charge in [-0.1, -0.05) is 32.9 Å². The lowest BCUT2D eigenvalue weighted by molar-refractivity contribution is -0.117. The Balaban J connectivity index is 4.13. The van der Waals surface area contributed by atoms with Crippen LogP contribution in [-0.2, 0) is 4.79 Å². The third kappa shape index (κ3) is 4.77. The molecule has 0 N–H and O–H groups in total. The van der Waals surface area contributed by atoms with Gasteiger partial charge >= 0.3 is 0 Å². The molecule has 0 heterocycles. The summed E-state index contributed by atoms with van der Waals surface area (Å²) < 4.78 is 7.19. The van der Waals surface area contributed by atoms with Gasteiger partial charge < -0.3 is 4.79 Å². The molecular formula is C10H18O. The molecule has 0 aliphatic carbocycles. The fourth-order valence-electron chi connectivity index (χ4n) is 0.686. The lowest BCUT2D eigenvalue weighted by Gasteiger charge is -2.21. The van der Waals surface area contributed by atoms with Gasteiger partial charge in [0.1, 0.15) is 5.78 Å². The summed E-state index contributed by atoms with van der Waals surface area (Å²) in [5, 5.41) is 0. The lowest BCUT2D eigenvalue weighted by Crippen LogP contribution is -2.09. The third-order valence-corrected chi connectivity index (χ3v) is 1.71. The van der Waals surface area contributed by atoms with E-state index in [9.17, 15) is 4.79 Å². The van der Waals surface area contributed by atoms with E-state index in [0.717, 1.165) is 12.0 Å². The minimum atomic E-state index is 0.0250. The van der Waals surface area contributed by atoms with Crippen molar-refractivity contribution in [2.24, 2.45) is 5.41 Å². The van der Waals surface area contributed by atoms with Crippen molar-refractivity contribution in [2.45, 2.75) is 40.5 Å². The first-order valence-corrected chi connectivity index (χ1v) is 3.95. The summed E-state index contributed by atoms with van der Waals surface area (Å²) in [5.41, 5.74) is 1.06. The Morgan fingerprint density at radius 3 is 2.27 bits per heavy atom. The standard InChI is InChI=1S/C10H18O/c1-8(10(3,4)5)6-7-9(2)11/h1,6-7H2,2-5H3/i1D. The number of hydrogen-bond donors (Lipinski definition) is 0. The predicted molar refractivity (Wildman–Crippen MR) is 48.5 cm³/mol. The average Bonchev–Trinajstić information content (AvgIpc) is 1.85. The van der Waals surface area contributed by atoms with Crippen molar-refractivity contribution in [3.05, 3.63) is 12.1 Å². The molecule has 0 aromatic carbocycles. The molecule has 0 aliphatic rings. The van der Waals surface area contributed by atoms with E-state index in [4.69, 9.17) is 1.37 Å². The number of carbonyl (C=O) groups is 1. The zero-order valence-corrected chi connectivity index (χ0v) is 7.90. The van der Waals surface area contributed by atoms with E-state index in [1.54, 1.807) is 6.92 Å². The van der Waals surface area contributed by atoms with E-state index in [1.807, 2.05) is 0 Å². The number of Topliss-reactive ketones (excluding diaryl/α,β-unsaturated/α-hetero) is 1. The van der Waals surface area contributed by atoms with Crippen LogP contribution >= 0.6 is 0 Å². The molecule has 11 heavy (non-hydrogen) atoms. The molecule has 1 heteroatoms. The maximum Gasteiger partial charge on any atom is 0.130 e. The number of allylic oxidation sites excluding steroid dienone is 1. The van der Waals surface area contributed by atoms with Crippen LogP contribution in [0.2, 0.25) is 0 Å². The van der Waals surface area contributed by atoms with E-state index < -0.39 is 0 Å². The molecular weight excluding hydrogens is 136 g/mol. The van der Waals surface area contributed by atoms with Crippen molar-refractivity contribution in [3.8, 4) is 0 Å². The van der Waals surface area contributed by atoms with Gasteiger partial charge in [-0.05, 0) is 18.8 Å². The van der Waals surface area contributed by atoms with Crippen molar-refractivity contribution in [3.63, 3.8) is 0 Å². The van der Waals surface area contributed by atoms with Gasteiger partial charge in [-0.2, -0.15) is 0 Å². The van der Waals surface area contributed by atoms with Crippen LogP contribution in [0.1, 0.15) is 41.9 Å². The molecule has 0 bridgehead atoms. The summed E-state index contributed by atoms with van der Waals surface area (Å²) >= 11 is 0. The van der Waals surface area contributed by atoms with Crippen LogP contribution in [0.15, 0.2) is 12.1 Å². The van der Waals surface area contributed by atoms with Gasteiger partial charge in [-0.25, -0.2) is 0 Å². The van der Waals surface area contributed by atoms with Crippen LogP contribution in [0, 0.1) is 5.41 Å². The van der Waals surface area contributed by atoms with Crippen molar-refractivity contribution in [2.75, 3.05) is 0 Å². The monoisotopic (exact) mass is 155 g/mol. The Morgan fingerprint density at radius 1 is 1.45 bits per heavy atom. The summed E-state index contributed by atoms with van der Waals surface area (Å²) in [6.07, 6.45) is 1.28. The molecule has 0 saturated carbocycles. The minimum Gasteiger partial charge on any atom is -0.300 e. The molecule has 64 valence electrons. The summed E-state index contributed by atoms with van der Waals surface area (Å²) in [7, 11) is 0. The topological polar surface area (TPSA) is 17.1 Å². The molecule has 0 aliphatic heterocycles. The van der Waals surface area contributed by atoms with Gasteiger partial charge in [0.2, 0.25) is 0 Å². The first-order valence-electron chi connectivity index (χ1n) is 4.53. The Bertz CT molecular complexity index is 187. The first kappa shape index (κ1) is 8.51. The molecule has 0 unspecified atom stereocenters. The molecule has 0 saturated heterocycles. The quantitative estimate of drug-likeness (QED) is 0.573. The molecule has 0 aromatic heterocycles. The summed E-state index contributed by atoms with van der Waals surface area (Å²) in [6, 6.07) is 0. The van der Waals surface area contributed by atoms with Crippen molar-refractivity contribution >= 4 is 5.78 Å². The normalized spacial score (nSPS) is 14.5. The zero-order chi connectivity index (χ0) is 9.78. The fourth-order valence-corrected chi connectivity index (χ4v) is 0.686. The molecule has 0 aromatic rings. The number of rotatable bonds is 3. The van der Waals surface area contributed by atoms with Gasteiger partial charge in [0.25, 0.3) is 0 Å². The molecule has 0 radical (unpaired) electrons. The van der Waals surface area contributed by atoms with E-state index in [2.05, 4.69) is 20.8 Å². The second-order valence-corrected chi connectivity index (χ2v) is 3.98. The van der Waals surface area contributed by atoms with Crippen LogP contribution in [0.25, 0.3) is 0 Å². The van der Waals surface area contributed by atoms with E-state index in [1.165, 1.54) is 6.55 Å². The van der Waals surface area contributed by atoms with E-state index in [0.29, 0.717) is 6.42 Å². The maximum atomic E-state index is 10.7. The Labute approximate surface area is 70.9 Å². The molecule has 1 nitrogen and oxygen atoms in total. The first-order chi connectivity index (χ1) is 5.38. The molecule has 0 atom stereocenters. The van der Waals surface area contributed by atoms with E-state index >= 15 is 0 Å². The van der Waals surface area contributed by atoms with Crippen LogP contribution in [0.4, 0.5) is 0 Å². The highest BCUT2D eigenvalue weighted by Gasteiger charge is 2.14. The Kier molecular flexibility index (Phi) is 2.86.